The summed E-state index contributed by atoms with van der Waals surface area (Å²) in [5, 5.41) is 0. The number of nitrogens with zero attached hydrogens (tertiary/aromatic N) is 1. The summed E-state index contributed by atoms with van der Waals surface area (Å²) < 4.78 is 5.38. The molecule has 3 aliphatic rings. The van der Waals surface area contributed by atoms with E-state index in [1.54, 1.807) is 0 Å². The number of hydrogen-bond acceptors (Lipinski definition) is 2. The van der Waals surface area contributed by atoms with Crippen LogP contribution in [0, 0.1) is 0 Å². The molecule has 4 rings (SSSR count). The summed E-state index contributed by atoms with van der Waals surface area (Å²) in [5.41, 5.74) is 4.13. The molecule has 0 N–H and O–H groups in total. The number of hydrogen-bond donors (Lipinski definition) is 0. The van der Waals surface area contributed by atoms with Crippen molar-refractivity contribution in [1.82, 2.24) is 0 Å². The normalized spacial score (nSPS) is 19.1. The van der Waals surface area contributed by atoms with Crippen LogP contribution in [0.3, 0.4) is 0 Å². The molecule has 0 spiro atoms. The van der Waals surface area contributed by atoms with Crippen LogP contribution in [0.2, 0.25) is 0 Å². The van der Waals surface area contributed by atoms with Crippen molar-refractivity contribution in [2.75, 3.05) is 11.6 Å². The van der Waals surface area contributed by atoms with Crippen LogP contribution >= 0.6 is 0 Å². The highest BCUT2D eigenvalue weighted by Gasteiger charge is 2.22. The van der Waals surface area contributed by atoms with E-state index in [0.29, 0.717) is 0 Å². The molecule has 3 aliphatic heterocycles. The number of ether oxygens (including phenoxy) is 1. The zero-order chi connectivity index (χ0) is 7.26. The molecule has 0 aliphatic carbocycles. The molecule has 0 saturated carbocycles. The molecule has 0 unspecified atom stereocenters. The Morgan fingerprint density at radius 2 is 2.36 bits per heavy atom. The molecule has 1 aromatic rings. The summed E-state index contributed by atoms with van der Waals surface area (Å²) in [4.78, 5) is 2.27. The first-order chi connectivity index (χ1) is 5.43. The molecular formula is C9H9NO. The third-order valence-corrected chi connectivity index (χ3v) is 2.36. The van der Waals surface area contributed by atoms with Gasteiger partial charge in [-0.05, 0) is 17.7 Å². The van der Waals surface area contributed by atoms with Gasteiger partial charge in [0.1, 0.15) is 6.73 Å². The van der Waals surface area contributed by atoms with Gasteiger partial charge in [-0.1, -0.05) is 6.07 Å². The van der Waals surface area contributed by atoms with Gasteiger partial charge < -0.3 is 9.64 Å². The van der Waals surface area contributed by atoms with Crippen molar-refractivity contribution in [3.8, 4) is 0 Å². The van der Waals surface area contributed by atoms with E-state index in [2.05, 4.69) is 23.1 Å². The van der Waals surface area contributed by atoms with Crippen LogP contribution in [-0.4, -0.2) is 6.73 Å². The Balaban J connectivity index is 2.28. The van der Waals surface area contributed by atoms with Crippen molar-refractivity contribution in [2.24, 2.45) is 0 Å². The topological polar surface area (TPSA) is 12.5 Å². The Labute approximate surface area is 65.4 Å². The van der Waals surface area contributed by atoms with Gasteiger partial charge in [-0.2, -0.15) is 0 Å². The summed E-state index contributed by atoms with van der Waals surface area (Å²) in [6, 6.07) is 6.63. The number of rotatable bonds is 0. The average molecular weight is 147 g/mol. The fourth-order valence-corrected chi connectivity index (χ4v) is 1.85. The quantitative estimate of drug-likeness (QED) is 0.551. The molecule has 0 fully saturated rings. The van der Waals surface area contributed by atoms with Crippen LogP contribution in [0.4, 0.5) is 5.69 Å². The monoisotopic (exact) mass is 147 g/mol. The van der Waals surface area contributed by atoms with Gasteiger partial charge in [-0.25, -0.2) is 0 Å². The fraction of sp³-hybridized carbons (Fsp3) is 0.333. The number of anilines is 1. The molecule has 4 bridgehead atoms. The summed E-state index contributed by atoms with van der Waals surface area (Å²) in [7, 11) is 0. The third-order valence-electron chi connectivity index (χ3n) is 2.36. The SMILES string of the molecule is c1cc2c3cc1CN2COC3. The van der Waals surface area contributed by atoms with E-state index in [1.807, 2.05) is 0 Å². The van der Waals surface area contributed by atoms with Crippen molar-refractivity contribution >= 4 is 5.69 Å². The highest BCUT2D eigenvalue weighted by Crippen LogP contribution is 2.32. The van der Waals surface area contributed by atoms with Gasteiger partial charge in [0.05, 0.1) is 6.61 Å². The molecule has 2 heteroatoms. The van der Waals surface area contributed by atoms with Crippen LogP contribution in [0.25, 0.3) is 0 Å². The van der Waals surface area contributed by atoms with Crippen molar-refractivity contribution < 1.29 is 4.74 Å². The largest absolute Gasteiger partial charge is 0.356 e. The molecule has 56 valence electrons. The zero-order valence-corrected chi connectivity index (χ0v) is 6.21. The Bertz CT molecular complexity index is 308. The maximum Gasteiger partial charge on any atom is 0.119 e. The maximum absolute atomic E-state index is 5.38. The lowest BCUT2D eigenvalue weighted by molar-refractivity contribution is 0.106. The summed E-state index contributed by atoms with van der Waals surface area (Å²) >= 11 is 0. The Morgan fingerprint density at radius 1 is 1.36 bits per heavy atom. The van der Waals surface area contributed by atoms with Gasteiger partial charge in [0.15, 0.2) is 0 Å². The van der Waals surface area contributed by atoms with Gasteiger partial charge in [0.2, 0.25) is 0 Å². The third kappa shape index (κ3) is 0.648. The smallest absolute Gasteiger partial charge is 0.119 e. The van der Waals surface area contributed by atoms with Gasteiger partial charge in [0.25, 0.3) is 0 Å². The Kier molecular flexibility index (Phi) is 0.902. The van der Waals surface area contributed by atoms with Crippen LogP contribution < -0.4 is 4.90 Å². The summed E-state index contributed by atoms with van der Waals surface area (Å²) in [6.45, 7) is 2.59. The highest BCUT2D eigenvalue weighted by molar-refractivity contribution is 5.59. The predicted octanol–water partition coefficient (Wildman–Crippen LogP) is 1.49. The first-order valence-electron chi connectivity index (χ1n) is 3.88. The minimum Gasteiger partial charge on any atom is -0.356 e. The standard InChI is InChI=1S/C9H9NO/c1-2-9-8-3-7(1)4-10(9)6-11-5-8/h1-3H,4-6H2. The lowest BCUT2D eigenvalue weighted by Crippen LogP contribution is -2.33. The van der Waals surface area contributed by atoms with E-state index in [9.17, 15) is 0 Å². The first kappa shape index (κ1) is 5.61. The van der Waals surface area contributed by atoms with E-state index in [-0.39, 0.29) is 0 Å². The van der Waals surface area contributed by atoms with Crippen molar-refractivity contribution in [3.63, 3.8) is 0 Å². The molecule has 3 heterocycles. The second-order valence-corrected chi connectivity index (χ2v) is 3.14. The molecule has 1 aromatic carbocycles. The molecule has 11 heavy (non-hydrogen) atoms. The van der Waals surface area contributed by atoms with Gasteiger partial charge in [-0.3, -0.25) is 0 Å². The van der Waals surface area contributed by atoms with E-state index < -0.39 is 0 Å². The lowest BCUT2D eigenvalue weighted by atomic mass is 10.0. The minimum absolute atomic E-state index is 0.764. The number of benzene rings is 1. The fourth-order valence-electron chi connectivity index (χ4n) is 1.85. The Morgan fingerprint density at radius 3 is 3.09 bits per heavy atom. The van der Waals surface area contributed by atoms with E-state index in [0.717, 1.165) is 19.9 Å². The maximum atomic E-state index is 5.38. The number of fused-ring (bicyclic) bond motifs is 1. The molecule has 0 saturated heterocycles. The van der Waals surface area contributed by atoms with Gasteiger partial charge in [-0.15, -0.1) is 0 Å². The molecule has 2 nitrogen and oxygen atoms in total. The molecular weight excluding hydrogens is 138 g/mol. The van der Waals surface area contributed by atoms with E-state index in [1.165, 1.54) is 16.8 Å². The van der Waals surface area contributed by atoms with Crippen molar-refractivity contribution in [3.05, 3.63) is 29.3 Å². The second kappa shape index (κ2) is 1.77. The summed E-state index contributed by atoms with van der Waals surface area (Å²) in [6.07, 6.45) is 0. The van der Waals surface area contributed by atoms with Gasteiger partial charge in [0, 0.05) is 17.8 Å². The molecule has 0 aromatic heterocycles. The van der Waals surface area contributed by atoms with Crippen LogP contribution in [-0.2, 0) is 17.9 Å². The van der Waals surface area contributed by atoms with Gasteiger partial charge >= 0.3 is 0 Å². The predicted molar refractivity (Wildman–Crippen MR) is 42.3 cm³/mol. The lowest BCUT2D eigenvalue weighted by Gasteiger charge is -2.35. The highest BCUT2D eigenvalue weighted by atomic mass is 16.5. The van der Waals surface area contributed by atoms with E-state index >= 15 is 0 Å². The summed E-state index contributed by atoms with van der Waals surface area (Å²) in [5.74, 6) is 0. The van der Waals surface area contributed by atoms with Crippen LogP contribution in [0.1, 0.15) is 11.1 Å². The van der Waals surface area contributed by atoms with E-state index in [4.69, 9.17) is 4.74 Å². The van der Waals surface area contributed by atoms with Crippen LogP contribution in [0.5, 0.6) is 0 Å². The Hall–Kier alpha value is -1.02. The molecule has 0 atom stereocenters. The molecule has 0 radical (unpaired) electrons. The van der Waals surface area contributed by atoms with Crippen LogP contribution in [0.15, 0.2) is 18.2 Å². The van der Waals surface area contributed by atoms with Crippen molar-refractivity contribution in [1.29, 1.82) is 0 Å². The van der Waals surface area contributed by atoms with Crippen molar-refractivity contribution in [2.45, 2.75) is 13.2 Å². The first-order valence-corrected chi connectivity index (χ1v) is 3.88. The molecule has 0 amide bonds. The average Bonchev–Trinajstić information content (AvgIpc) is 2.05. The zero-order valence-electron chi connectivity index (χ0n) is 6.21. The minimum atomic E-state index is 0.764. The second-order valence-electron chi connectivity index (χ2n) is 3.14.